The molecular weight excluding hydrogens is 404 g/mol. The number of amides is 2. The van der Waals surface area contributed by atoms with E-state index in [1.165, 1.54) is 0 Å². The fourth-order valence-corrected chi connectivity index (χ4v) is 3.40. The van der Waals surface area contributed by atoms with Crippen molar-refractivity contribution < 1.29 is 19.1 Å². The highest BCUT2D eigenvalue weighted by Crippen LogP contribution is 2.19. The number of hydrogen-bond acceptors (Lipinski definition) is 4. The minimum atomic E-state index is -0.530. The molecule has 0 spiro atoms. The normalized spacial score (nSPS) is 12.5. The molecule has 2 aromatic rings. The van der Waals surface area contributed by atoms with E-state index in [0.29, 0.717) is 32.4 Å². The second kappa shape index (κ2) is 13.4. The predicted molar refractivity (Wildman–Crippen MR) is 127 cm³/mol. The van der Waals surface area contributed by atoms with Crippen molar-refractivity contribution in [1.29, 1.82) is 0 Å². The first-order valence-electron chi connectivity index (χ1n) is 11.4. The second-order valence-corrected chi connectivity index (χ2v) is 7.88. The van der Waals surface area contributed by atoms with Gasteiger partial charge < -0.3 is 19.7 Å². The van der Waals surface area contributed by atoms with Crippen LogP contribution in [-0.2, 0) is 16.1 Å². The van der Waals surface area contributed by atoms with Crippen molar-refractivity contribution in [2.45, 2.75) is 65.1 Å². The van der Waals surface area contributed by atoms with Crippen molar-refractivity contribution in [1.82, 2.24) is 10.2 Å². The Morgan fingerprint density at radius 2 is 1.72 bits per heavy atom. The van der Waals surface area contributed by atoms with Gasteiger partial charge >= 0.3 is 0 Å². The van der Waals surface area contributed by atoms with Crippen LogP contribution < -0.4 is 14.8 Å². The first-order chi connectivity index (χ1) is 15.5. The SMILES string of the molecule is CC[C@H](C)NC(=O)[C@H](CC)N(Cc1cccc(OC)c1)C(=O)CCCOc1ccccc1. The van der Waals surface area contributed by atoms with E-state index >= 15 is 0 Å². The van der Waals surface area contributed by atoms with Crippen LogP contribution in [0.2, 0.25) is 0 Å². The second-order valence-electron chi connectivity index (χ2n) is 7.88. The summed E-state index contributed by atoms with van der Waals surface area (Å²) in [7, 11) is 1.61. The molecule has 2 amide bonds. The van der Waals surface area contributed by atoms with Crippen molar-refractivity contribution >= 4 is 11.8 Å². The summed E-state index contributed by atoms with van der Waals surface area (Å²) < 4.78 is 11.0. The number of nitrogens with one attached hydrogen (secondary N) is 1. The predicted octanol–water partition coefficient (Wildman–Crippen LogP) is 4.58. The van der Waals surface area contributed by atoms with E-state index in [0.717, 1.165) is 23.5 Å². The van der Waals surface area contributed by atoms with Gasteiger partial charge in [-0.1, -0.05) is 44.2 Å². The van der Waals surface area contributed by atoms with Gasteiger partial charge in [0.15, 0.2) is 0 Å². The number of hydrogen-bond donors (Lipinski definition) is 1. The van der Waals surface area contributed by atoms with Gasteiger partial charge in [-0.2, -0.15) is 0 Å². The third kappa shape index (κ3) is 7.91. The molecule has 0 saturated carbocycles. The van der Waals surface area contributed by atoms with E-state index < -0.39 is 6.04 Å². The molecule has 2 atom stereocenters. The van der Waals surface area contributed by atoms with Crippen LogP contribution in [0.25, 0.3) is 0 Å². The van der Waals surface area contributed by atoms with Crippen molar-refractivity contribution in [2.75, 3.05) is 13.7 Å². The smallest absolute Gasteiger partial charge is 0.243 e. The minimum absolute atomic E-state index is 0.0596. The maximum atomic E-state index is 13.2. The average Bonchev–Trinajstić information content (AvgIpc) is 2.82. The molecule has 0 bridgehead atoms. The first-order valence-corrected chi connectivity index (χ1v) is 11.4. The van der Waals surface area contributed by atoms with Crippen LogP contribution in [0.1, 0.15) is 52.0 Å². The molecule has 0 fully saturated rings. The lowest BCUT2D eigenvalue weighted by Gasteiger charge is -2.31. The van der Waals surface area contributed by atoms with E-state index in [1.54, 1.807) is 12.0 Å². The average molecular weight is 441 g/mol. The summed E-state index contributed by atoms with van der Waals surface area (Å²) >= 11 is 0. The lowest BCUT2D eigenvalue weighted by molar-refractivity contribution is -0.141. The molecule has 0 unspecified atom stereocenters. The summed E-state index contributed by atoms with van der Waals surface area (Å²) in [5, 5.41) is 3.03. The zero-order chi connectivity index (χ0) is 23.3. The molecule has 0 aromatic heterocycles. The van der Waals surface area contributed by atoms with Gasteiger partial charge in [-0.15, -0.1) is 0 Å². The molecule has 0 aliphatic heterocycles. The number of carbonyl (C=O) groups is 2. The van der Waals surface area contributed by atoms with Crippen molar-refractivity contribution in [3.63, 3.8) is 0 Å². The van der Waals surface area contributed by atoms with E-state index in [9.17, 15) is 9.59 Å². The number of benzene rings is 2. The molecule has 0 radical (unpaired) electrons. The van der Waals surface area contributed by atoms with Crippen LogP contribution in [0.5, 0.6) is 11.5 Å². The zero-order valence-corrected chi connectivity index (χ0v) is 19.7. The fraction of sp³-hybridized carbons (Fsp3) is 0.462. The van der Waals surface area contributed by atoms with Crippen LogP contribution in [0.3, 0.4) is 0 Å². The van der Waals surface area contributed by atoms with Crippen LogP contribution in [0.4, 0.5) is 0 Å². The van der Waals surface area contributed by atoms with Crippen LogP contribution in [0.15, 0.2) is 54.6 Å². The van der Waals surface area contributed by atoms with Gasteiger partial charge in [0.25, 0.3) is 0 Å². The Hall–Kier alpha value is -3.02. The van der Waals surface area contributed by atoms with Crippen LogP contribution in [-0.4, -0.2) is 42.5 Å². The summed E-state index contributed by atoms with van der Waals surface area (Å²) in [4.78, 5) is 27.9. The molecule has 0 saturated heterocycles. The minimum Gasteiger partial charge on any atom is -0.497 e. The molecule has 0 aliphatic carbocycles. The van der Waals surface area contributed by atoms with Crippen LogP contribution in [0, 0.1) is 0 Å². The number of carbonyl (C=O) groups excluding carboxylic acids is 2. The summed E-state index contributed by atoms with van der Waals surface area (Å²) in [6.45, 7) is 6.73. The van der Waals surface area contributed by atoms with Gasteiger partial charge in [0, 0.05) is 19.0 Å². The molecule has 6 nitrogen and oxygen atoms in total. The third-order valence-corrected chi connectivity index (χ3v) is 5.42. The molecule has 32 heavy (non-hydrogen) atoms. The maximum Gasteiger partial charge on any atom is 0.243 e. The maximum absolute atomic E-state index is 13.2. The summed E-state index contributed by atoms with van der Waals surface area (Å²) in [5.74, 6) is 1.34. The molecule has 1 N–H and O–H groups in total. The highest BCUT2D eigenvalue weighted by Gasteiger charge is 2.29. The quantitative estimate of drug-likeness (QED) is 0.463. The molecular formula is C26H36N2O4. The largest absolute Gasteiger partial charge is 0.497 e. The van der Waals surface area contributed by atoms with E-state index in [4.69, 9.17) is 9.47 Å². The zero-order valence-electron chi connectivity index (χ0n) is 19.7. The van der Waals surface area contributed by atoms with Crippen molar-refractivity contribution in [2.24, 2.45) is 0 Å². The van der Waals surface area contributed by atoms with E-state index in [1.807, 2.05) is 75.4 Å². The number of methoxy groups -OCH3 is 1. The van der Waals surface area contributed by atoms with Gasteiger partial charge in [0.05, 0.1) is 13.7 Å². The number of para-hydroxylation sites is 1. The topological polar surface area (TPSA) is 67.9 Å². The lowest BCUT2D eigenvalue weighted by Crippen LogP contribution is -2.50. The molecule has 174 valence electrons. The molecule has 2 rings (SSSR count). The van der Waals surface area contributed by atoms with Gasteiger partial charge in [-0.05, 0) is 56.0 Å². The van der Waals surface area contributed by atoms with Gasteiger partial charge in [-0.3, -0.25) is 9.59 Å². The van der Waals surface area contributed by atoms with Gasteiger partial charge in [0.2, 0.25) is 11.8 Å². The van der Waals surface area contributed by atoms with Crippen LogP contribution >= 0.6 is 0 Å². The lowest BCUT2D eigenvalue weighted by atomic mass is 10.1. The summed E-state index contributed by atoms with van der Waals surface area (Å²) in [6.07, 6.45) is 2.26. The Balaban J connectivity index is 2.09. The Bertz CT molecular complexity index is 841. The van der Waals surface area contributed by atoms with Crippen molar-refractivity contribution in [3.05, 3.63) is 60.2 Å². The first kappa shape index (κ1) is 25.2. The van der Waals surface area contributed by atoms with Gasteiger partial charge in [0.1, 0.15) is 17.5 Å². The molecule has 2 aromatic carbocycles. The Labute approximate surface area is 191 Å². The number of rotatable bonds is 13. The Morgan fingerprint density at radius 3 is 2.38 bits per heavy atom. The Morgan fingerprint density at radius 1 is 1.00 bits per heavy atom. The van der Waals surface area contributed by atoms with Gasteiger partial charge in [-0.25, -0.2) is 0 Å². The molecule has 0 aliphatic rings. The highest BCUT2D eigenvalue weighted by molar-refractivity contribution is 5.87. The Kier molecular flexibility index (Phi) is 10.6. The standard InChI is InChI=1S/C26H36N2O4/c1-5-20(3)27-26(30)24(6-2)28(19-21-12-10-15-23(18-21)31-4)25(29)16-11-17-32-22-13-8-7-9-14-22/h7-10,12-15,18,20,24H,5-6,11,16-17,19H2,1-4H3,(H,27,30)/t20-,24-/m0/s1. The molecule has 6 heteroatoms. The fourth-order valence-electron chi connectivity index (χ4n) is 3.40. The van der Waals surface area contributed by atoms with E-state index in [-0.39, 0.29) is 17.9 Å². The van der Waals surface area contributed by atoms with Crippen molar-refractivity contribution in [3.8, 4) is 11.5 Å². The number of nitrogens with zero attached hydrogens (tertiary/aromatic N) is 1. The number of ether oxygens (including phenoxy) is 2. The summed E-state index contributed by atoms with van der Waals surface area (Å²) in [6, 6.07) is 16.7. The van der Waals surface area contributed by atoms with E-state index in [2.05, 4.69) is 5.32 Å². The summed E-state index contributed by atoms with van der Waals surface area (Å²) in [5.41, 5.74) is 0.924. The monoisotopic (exact) mass is 440 g/mol. The molecule has 0 heterocycles. The third-order valence-electron chi connectivity index (χ3n) is 5.42. The highest BCUT2D eigenvalue weighted by atomic mass is 16.5.